The maximum absolute atomic E-state index is 12.0. The molecule has 0 saturated heterocycles. The number of hydrogen-bond acceptors (Lipinski definition) is 4. The van der Waals surface area contributed by atoms with Crippen molar-refractivity contribution in [3.63, 3.8) is 0 Å². The van der Waals surface area contributed by atoms with Crippen LogP contribution in [-0.2, 0) is 16.1 Å². The standard InChI is InChI=1S/C21H22BrNO3/c1-25-19-8-5-15(6-9-19)14-23-11-3-4-16(21(24)26-2)12-17-13-18(22)7-10-20(17)23/h5-10,12-13H,3-4,11,14H2,1-2H3. The van der Waals surface area contributed by atoms with Crippen LogP contribution in [-0.4, -0.2) is 26.7 Å². The fourth-order valence-electron chi connectivity index (χ4n) is 3.18. The van der Waals surface area contributed by atoms with Crippen LogP contribution in [0.4, 0.5) is 5.69 Å². The van der Waals surface area contributed by atoms with E-state index in [9.17, 15) is 4.79 Å². The summed E-state index contributed by atoms with van der Waals surface area (Å²) in [6.45, 7) is 1.68. The number of halogens is 1. The molecule has 0 radical (unpaired) electrons. The summed E-state index contributed by atoms with van der Waals surface area (Å²) in [7, 11) is 3.10. The van der Waals surface area contributed by atoms with Gasteiger partial charge in [-0.2, -0.15) is 0 Å². The van der Waals surface area contributed by atoms with Gasteiger partial charge in [-0.05, 0) is 60.4 Å². The SMILES string of the molecule is COC(=O)C1=Cc2cc(Br)ccc2N(Cc2ccc(OC)cc2)CCC1. The van der Waals surface area contributed by atoms with Crippen molar-refractivity contribution in [3.8, 4) is 5.75 Å². The van der Waals surface area contributed by atoms with Gasteiger partial charge < -0.3 is 14.4 Å². The van der Waals surface area contributed by atoms with E-state index in [4.69, 9.17) is 9.47 Å². The fourth-order valence-corrected chi connectivity index (χ4v) is 3.56. The van der Waals surface area contributed by atoms with E-state index in [0.717, 1.165) is 46.6 Å². The number of rotatable bonds is 4. The molecule has 5 heteroatoms. The van der Waals surface area contributed by atoms with Gasteiger partial charge in [-0.1, -0.05) is 28.1 Å². The zero-order chi connectivity index (χ0) is 18.5. The number of benzene rings is 2. The minimum Gasteiger partial charge on any atom is -0.497 e. The molecular formula is C21H22BrNO3. The maximum Gasteiger partial charge on any atom is 0.333 e. The molecule has 26 heavy (non-hydrogen) atoms. The highest BCUT2D eigenvalue weighted by Gasteiger charge is 2.18. The molecular weight excluding hydrogens is 394 g/mol. The molecule has 0 unspecified atom stereocenters. The quantitative estimate of drug-likeness (QED) is 0.671. The summed E-state index contributed by atoms with van der Waals surface area (Å²) in [5.41, 5.74) is 4.08. The van der Waals surface area contributed by atoms with Crippen molar-refractivity contribution in [3.05, 3.63) is 63.6 Å². The van der Waals surface area contributed by atoms with Crippen molar-refractivity contribution in [1.82, 2.24) is 0 Å². The first-order valence-corrected chi connectivity index (χ1v) is 9.36. The van der Waals surface area contributed by atoms with Crippen LogP contribution in [0.15, 0.2) is 52.5 Å². The Kier molecular flexibility index (Phi) is 5.99. The fraction of sp³-hybridized carbons (Fsp3) is 0.286. The number of anilines is 1. The van der Waals surface area contributed by atoms with Crippen molar-refractivity contribution in [2.24, 2.45) is 0 Å². The molecule has 136 valence electrons. The average Bonchev–Trinajstić information content (AvgIpc) is 2.65. The molecule has 0 saturated carbocycles. The van der Waals surface area contributed by atoms with Crippen molar-refractivity contribution in [1.29, 1.82) is 0 Å². The molecule has 0 aliphatic carbocycles. The summed E-state index contributed by atoms with van der Waals surface area (Å²) in [6, 6.07) is 14.3. The molecule has 2 aromatic carbocycles. The Morgan fingerprint density at radius 3 is 2.62 bits per heavy atom. The van der Waals surface area contributed by atoms with Crippen molar-refractivity contribution in [2.75, 3.05) is 25.7 Å². The summed E-state index contributed by atoms with van der Waals surface area (Å²) < 4.78 is 11.2. The molecule has 0 atom stereocenters. The second-order valence-corrected chi connectivity index (χ2v) is 7.15. The molecule has 1 aliphatic heterocycles. The van der Waals surface area contributed by atoms with E-state index in [-0.39, 0.29) is 5.97 Å². The molecule has 0 N–H and O–H groups in total. The second-order valence-electron chi connectivity index (χ2n) is 6.24. The van der Waals surface area contributed by atoms with Crippen LogP contribution in [0.5, 0.6) is 5.75 Å². The zero-order valence-corrected chi connectivity index (χ0v) is 16.6. The Hall–Kier alpha value is -2.27. The average molecular weight is 416 g/mol. The summed E-state index contributed by atoms with van der Waals surface area (Å²) in [5, 5.41) is 0. The largest absolute Gasteiger partial charge is 0.497 e. The monoisotopic (exact) mass is 415 g/mol. The van der Waals surface area contributed by atoms with Crippen LogP contribution in [0.1, 0.15) is 24.0 Å². The van der Waals surface area contributed by atoms with Gasteiger partial charge in [0.2, 0.25) is 0 Å². The summed E-state index contributed by atoms with van der Waals surface area (Å²) in [4.78, 5) is 14.4. The predicted octanol–water partition coefficient (Wildman–Crippen LogP) is 4.81. The lowest BCUT2D eigenvalue weighted by Gasteiger charge is -2.29. The first-order chi connectivity index (χ1) is 12.6. The van der Waals surface area contributed by atoms with Crippen molar-refractivity contribution in [2.45, 2.75) is 19.4 Å². The summed E-state index contributed by atoms with van der Waals surface area (Å²) in [6.07, 6.45) is 3.55. The maximum atomic E-state index is 12.0. The third-order valence-electron chi connectivity index (χ3n) is 4.51. The van der Waals surface area contributed by atoms with E-state index in [1.165, 1.54) is 12.7 Å². The minimum absolute atomic E-state index is 0.250. The highest BCUT2D eigenvalue weighted by Crippen LogP contribution is 2.31. The molecule has 0 aromatic heterocycles. The van der Waals surface area contributed by atoms with E-state index in [0.29, 0.717) is 6.42 Å². The predicted molar refractivity (Wildman–Crippen MR) is 107 cm³/mol. The number of fused-ring (bicyclic) bond motifs is 1. The first-order valence-electron chi connectivity index (χ1n) is 8.57. The van der Waals surface area contributed by atoms with Gasteiger partial charge in [-0.25, -0.2) is 4.79 Å². The van der Waals surface area contributed by atoms with Gasteiger partial charge in [0, 0.05) is 28.8 Å². The van der Waals surface area contributed by atoms with Gasteiger partial charge in [0.25, 0.3) is 0 Å². The minimum atomic E-state index is -0.250. The van der Waals surface area contributed by atoms with Gasteiger partial charge in [-0.3, -0.25) is 0 Å². The molecule has 1 heterocycles. The topological polar surface area (TPSA) is 38.8 Å². The zero-order valence-electron chi connectivity index (χ0n) is 15.0. The number of esters is 1. The Morgan fingerprint density at radius 2 is 1.92 bits per heavy atom. The van der Waals surface area contributed by atoms with Crippen LogP contribution in [0.3, 0.4) is 0 Å². The lowest BCUT2D eigenvalue weighted by atomic mass is 10.0. The van der Waals surface area contributed by atoms with Crippen LogP contribution >= 0.6 is 15.9 Å². The molecule has 0 amide bonds. The van der Waals surface area contributed by atoms with Crippen LogP contribution in [0.25, 0.3) is 6.08 Å². The third kappa shape index (κ3) is 4.28. The first kappa shape index (κ1) is 18.5. The summed E-state index contributed by atoms with van der Waals surface area (Å²) in [5.74, 6) is 0.607. The lowest BCUT2D eigenvalue weighted by Crippen LogP contribution is -2.26. The van der Waals surface area contributed by atoms with Crippen molar-refractivity contribution < 1.29 is 14.3 Å². The van der Waals surface area contributed by atoms with Crippen molar-refractivity contribution >= 4 is 33.7 Å². The van der Waals surface area contributed by atoms with E-state index in [1.54, 1.807) is 7.11 Å². The number of carbonyl (C=O) groups is 1. The van der Waals surface area contributed by atoms with Gasteiger partial charge in [0.1, 0.15) is 5.75 Å². The Labute approximate surface area is 162 Å². The lowest BCUT2D eigenvalue weighted by molar-refractivity contribution is -0.136. The molecule has 2 aromatic rings. The molecule has 1 aliphatic rings. The second kappa shape index (κ2) is 8.41. The Bertz CT molecular complexity index is 815. The van der Waals surface area contributed by atoms with Crippen LogP contribution in [0.2, 0.25) is 0 Å². The highest BCUT2D eigenvalue weighted by atomic mass is 79.9. The van der Waals surface area contributed by atoms with E-state index in [2.05, 4.69) is 39.0 Å². The van der Waals surface area contributed by atoms with Crippen LogP contribution < -0.4 is 9.64 Å². The molecule has 0 fully saturated rings. The van der Waals surface area contributed by atoms with Crippen LogP contribution in [0, 0.1) is 0 Å². The van der Waals surface area contributed by atoms with E-state index >= 15 is 0 Å². The molecule has 4 nitrogen and oxygen atoms in total. The Morgan fingerprint density at radius 1 is 1.15 bits per heavy atom. The molecule has 0 bridgehead atoms. The number of carbonyl (C=O) groups excluding carboxylic acids is 1. The van der Waals surface area contributed by atoms with Gasteiger partial charge in [-0.15, -0.1) is 0 Å². The number of methoxy groups -OCH3 is 2. The summed E-state index contributed by atoms with van der Waals surface area (Å²) >= 11 is 3.53. The number of hydrogen-bond donors (Lipinski definition) is 0. The molecule has 0 spiro atoms. The normalized spacial score (nSPS) is 14.0. The third-order valence-corrected chi connectivity index (χ3v) is 5.01. The van der Waals surface area contributed by atoms with Gasteiger partial charge in [0.15, 0.2) is 0 Å². The number of ether oxygens (including phenoxy) is 2. The highest BCUT2D eigenvalue weighted by molar-refractivity contribution is 9.10. The van der Waals surface area contributed by atoms with Gasteiger partial charge in [0.05, 0.1) is 14.2 Å². The van der Waals surface area contributed by atoms with E-state index in [1.807, 2.05) is 30.3 Å². The molecule has 3 rings (SSSR count). The van der Waals surface area contributed by atoms with E-state index < -0.39 is 0 Å². The smallest absolute Gasteiger partial charge is 0.333 e. The number of nitrogens with zero attached hydrogens (tertiary/aromatic N) is 1. The Balaban J connectivity index is 1.94. The van der Waals surface area contributed by atoms with Gasteiger partial charge >= 0.3 is 5.97 Å².